The van der Waals surface area contributed by atoms with Crippen LogP contribution in [0.15, 0.2) is 29.6 Å². The Balaban J connectivity index is 1.83. The molecule has 1 aromatic carbocycles. The van der Waals surface area contributed by atoms with Gasteiger partial charge in [0.25, 0.3) is 0 Å². The van der Waals surface area contributed by atoms with Crippen molar-refractivity contribution < 1.29 is 4.39 Å². The molecular formula is C17H15ClFN3S. The van der Waals surface area contributed by atoms with Crippen molar-refractivity contribution in [2.24, 2.45) is 0 Å². The highest BCUT2D eigenvalue weighted by molar-refractivity contribution is 7.17. The molecule has 6 heteroatoms. The lowest BCUT2D eigenvalue weighted by Crippen LogP contribution is -2.16. The fourth-order valence-electron chi connectivity index (χ4n) is 3.13. The molecule has 1 aliphatic carbocycles. The zero-order chi connectivity index (χ0) is 15.8. The summed E-state index contributed by atoms with van der Waals surface area (Å²) in [6.07, 6.45) is 4.79. The van der Waals surface area contributed by atoms with Crippen LogP contribution in [-0.4, -0.2) is 16.0 Å². The molecule has 0 saturated heterocycles. The fraction of sp³-hybridized carbons (Fsp3) is 0.294. The molecule has 0 atom stereocenters. The Morgan fingerprint density at radius 3 is 2.61 bits per heavy atom. The molecule has 23 heavy (non-hydrogen) atoms. The number of nitrogens with one attached hydrogen (secondary N) is 1. The van der Waals surface area contributed by atoms with Gasteiger partial charge in [0.05, 0.1) is 5.39 Å². The minimum Gasteiger partial charge on any atom is -0.367 e. The van der Waals surface area contributed by atoms with E-state index in [1.54, 1.807) is 12.1 Å². The van der Waals surface area contributed by atoms with Crippen LogP contribution >= 0.6 is 22.9 Å². The number of rotatable bonds is 3. The summed E-state index contributed by atoms with van der Waals surface area (Å²) in [6, 6.07) is 6.94. The summed E-state index contributed by atoms with van der Waals surface area (Å²) < 4.78 is 13.2. The van der Waals surface area contributed by atoms with Gasteiger partial charge in [-0.1, -0.05) is 25.0 Å². The van der Waals surface area contributed by atoms with E-state index in [4.69, 9.17) is 11.6 Å². The highest BCUT2D eigenvalue weighted by Gasteiger charge is 2.20. The van der Waals surface area contributed by atoms with Gasteiger partial charge in [-0.3, -0.25) is 0 Å². The van der Waals surface area contributed by atoms with Gasteiger partial charge in [0, 0.05) is 17.0 Å². The van der Waals surface area contributed by atoms with Gasteiger partial charge in [-0.05, 0) is 42.1 Å². The standard InChI is InChI=1S/C17H15ClFN3S/c18-17-21-15(20-12-3-1-2-4-12)14-13(9-23-16(14)22-17)10-5-7-11(19)8-6-10/h5-9,12H,1-4H2,(H,20,21,22). The largest absolute Gasteiger partial charge is 0.367 e. The van der Waals surface area contributed by atoms with Crippen molar-refractivity contribution in [2.75, 3.05) is 5.32 Å². The van der Waals surface area contributed by atoms with Crippen molar-refractivity contribution >= 4 is 39.0 Å². The Kier molecular flexibility index (Phi) is 3.91. The van der Waals surface area contributed by atoms with Gasteiger partial charge in [-0.15, -0.1) is 11.3 Å². The van der Waals surface area contributed by atoms with Crippen LogP contribution in [0.1, 0.15) is 25.7 Å². The number of nitrogens with zero attached hydrogens (tertiary/aromatic N) is 2. The minimum absolute atomic E-state index is 0.239. The van der Waals surface area contributed by atoms with Crippen LogP contribution in [0.3, 0.4) is 0 Å². The van der Waals surface area contributed by atoms with E-state index in [2.05, 4.69) is 15.3 Å². The van der Waals surface area contributed by atoms with Gasteiger partial charge in [0.15, 0.2) is 0 Å². The van der Waals surface area contributed by atoms with E-state index in [9.17, 15) is 4.39 Å². The average molecular weight is 348 g/mol. The Morgan fingerprint density at radius 1 is 1.13 bits per heavy atom. The lowest BCUT2D eigenvalue weighted by atomic mass is 10.1. The Labute approximate surface area is 142 Å². The highest BCUT2D eigenvalue weighted by Crippen LogP contribution is 2.38. The van der Waals surface area contributed by atoms with Crippen LogP contribution in [0, 0.1) is 5.82 Å². The van der Waals surface area contributed by atoms with Crippen molar-refractivity contribution in [1.82, 2.24) is 9.97 Å². The van der Waals surface area contributed by atoms with Crippen molar-refractivity contribution in [3.63, 3.8) is 0 Å². The second-order valence-electron chi connectivity index (χ2n) is 5.80. The summed E-state index contributed by atoms with van der Waals surface area (Å²) in [5.74, 6) is 0.546. The first-order valence-corrected chi connectivity index (χ1v) is 8.94. The lowest BCUT2D eigenvalue weighted by molar-refractivity contribution is 0.628. The van der Waals surface area contributed by atoms with Crippen LogP contribution < -0.4 is 5.32 Å². The van der Waals surface area contributed by atoms with Crippen molar-refractivity contribution in [2.45, 2.75) is 31.7 Å². The maximum Gasteiger partial charge on any atom is 0.225 e. The van der Waals surface area contributed by atoms with Crippen LogP contribution in [-0.2, 0) is 0 Å². The van der Waals surface area contributed by atoms with Gasteiger partial charge < -0.3 is 5.32 Å². The van der Waals surface area contributed by atoms with Gasteiger partial charge in [0.2, 0.25) is 5.28 Å². The van der Waals surface area contributed by atoms with Gasteiger partial charge in [0.1, 0.15) is 16.5 Å². The Hall–Kier alpha value is -1.72. The third-order valence-corrected chi connectivity index (χ3v) is 5.30. The lowest BCUT2D eigenvalue weighted by Gasteiger charge is -2.14. The molecule has 3 aromatic rings. The van der Waals surface area contributed by atoms with Crippen LogP contribution in [0.25, 0.3) is 21.3 Å². The third-order valence-electron chi connectivity index (χ3n) is 4.26. The maximum atomic E-state index is 13.2. The van der Waals surface area contributed by atoms with Crippen molar-refractivity contribution in [3.05, 3.63) is 40.7 Å². The topological polar surface area (TPSA) is 37.8 Å². The summed E-state index contributed by atoms with van der Waals surface area (Å²) in [5, 5.41) is 6.79. The summed E-state index contributed by atoms with van der Waals surface area (Å²) >= 11 is 7.61. The second kappa shape index (κ2) is 6.06. The fourth-order valence-corrected chi connectivity index (χ4v) is 4.29. The predicted molar refractivity (Wildman–Crippen MR) is 93.7 cm³/mol. The van der Waals surface area contributed by atoms with Gasteiger partial charge in [-0.25, -0.2) is 14.4 Å². The molecule has 0 aliphatic heterocycles. The van der Waals surface area contributed by atoms with Crippen LogP contribution in [0.5, 0.6) is 0 Å². The van der Waals surface area contributed by atoms with Crippen LogP contribution in [0.4, 0.5) is 10.2 Å². The predicted octanol–water partition coefficient (Wildman–Crippen LogP) is 5.51. The zero-order valence-electron chi connectivity index (χ0n) is 12.4. The maximum absolute atomic E-state index is 13.2. The Bertz CT molecular complexity index is 841. The van der Waals surface area contributed by atoms with Crippen molar-refractivity contribution in [1.29, 1.82) is 0 Å². The minimum atomic E-state index is -0.239. The zero-order valence-corrected chi connectivity index (χ0v) is 13.9. The van der Waals surface area contributed by atoms with E-state index >= 15 is 0 Å². The van der Waals surface area contributed by atoms with E-state index < -0.39 is 0 Å². The van der Waals surface area contributed by atoms with E-state index in [1.807, 2.05) is 5.38 Å². The quantitative estimate of drug-likeness (QED) is 0.635. The van der Waals surface area contributed by atoms with E-state index in [0.717, 1.165) is 40.0 Å². The van der Waals surface area contributed by atoms with Crippen molar-refractivity contribution in [3.8, 4) is 11.1 Å². The Morgan fingerprint density at radius 2 is 1.87 bits per heavy atom. The molecule has 0 radical (unpaired) electrons. The first-order valence-electron chi connectivity index (χ1n) is 7.68. The van der Waals surface area contributed by atoms with E-state index in [-0.39, 0.29) is 11.1 Å². The molecule has 0 amide bonds. The molecule has 1 saturated carbocycles. The molecule has 1 aliphatic rings. The van der Waals surface area contributed by atoms with E-state index in [1.165, 1.54) is 36.3 Å². The normalized spacial score (nSPS) is 15.4. The number of thiophene rings is 1. The molecule has 4 rings (SSSR count). The number of anilines is 1. The molecule has 0 unspecified atom stereocenters. The number of hydrogen-bond acceptors (Lipinski definition) is 4. The molecule has 3 nitrogen and oxygen atoms in total. The number of hydrogen-bond donors (Lipinski definition) is 1. The molecule has 118 valence electrons. The monoisotopic (exact) mass is 347 g/mol. The average Bonchev–Trinajstić information content (AvgIpc) is 3.17. The number of benzene rings is 1. The summed E-state index contributed by atoms with van der Waals surface area (Å²) in [5.41, 5.74) is 1.97. The smallest absolute Gasteiger partial charge is 0.225 e. The summed E-state index contributed by atoms with van der Waals surface area (Å²) in [6.45, 7) is 0. The SMILES string of the molecule is Fc1ccc(-c2csc3nc(Cl)nc(NC4CCCC4)c23)cc1. The molecule has 2 aromatic heterocycles. The second-order valence-corrected chi connectivity index (χ2v) is 7.00. The van der Waals surface area contributed by atoms with Gasteiger partial charge in [-0.2, -0.15) is 0 Å². The third kappa shape index (κ3) is 2.91. The first-order chi connectivity index (χ1) is 11.2. The van der Waals surface area contributed by atoms with E-state index in [0.29, 0.717) is 6.04 Å². The number of fused-ring (bicyclic) bond motifs is 1. The summed E-state index contributed by atoms with van der Waals surface area (Å²) in [7, 11) is 0. The van der Waals surface area contributed by atoms with Gasteiger partial charge >= 0.3 is 0 Å². The summed E-state index contributed by atoms with van der Waals surface area (Å²) in [4.78, 5) is 9.60. The molecule has 1 N–H and O–H groups in total. The molecule has 2 heterocycles. The number of aromatic nitrogens is 2. The first kappa shape index (κ1) is 14.8. The van der Waals surface area contributed by atoms with Crippen LogP contribution in [0.2, 0.25) is 5.28 Å². The molecule has 0 spiro atoms. The molecule has 1 fully saturated rings. The molecule has 0 bridgehead atoms. The molecular weight excluding hydrogens is 333 g/mol. The number of halogens is 2. The highest BCUT2D eigenvalue weighted by atomic mass is 35.5.